The summed E-state index contributed by atoms with van der Waals surface area (Å²) in [6.45, 7) is 7.79. The average Bonchev–Trinajstić information content (AvgIpc) is 1.97. The Morgan fingerprint density at radius 2 is 1.83 bits per heavy atom. The molecule has 0 heterocycles. The molecule has 0 aliphatic heterocycles. The number of nitrogens with two attached hydrogens (primary N) is 1. The van der Waals surface area contributed by atoms with Crippen LogP contribution in [-0.2, 0) is 0 Å². The molecule has 2 nitrogen and oxygen atoms in total. The summed E-state index contributed by atoms with van der Waals surface area (Å²) in [4.78, 5) is 2.40. The van der Waals surface area contributed by atoms with E-state index in [0.29, 0.717) is 0 Å². The highest BCUT2D eigenvalue weighted by molar-refractivity contribution is 4.55. The maximum atomic E-state index is 5.41. The summed E-state index contributed by atoms with van der Waals surface area (Å²) in [6, 6.07) is 0. The van der Waals surface area contributed by atoms with Crippen molar-refractivity contribution in [2.45, 2.75) is 33.1 Å². The van der Waals surface area contributed by atoms with Crippen molar-refractivity contribution < 1.29 is 0 Å². The minimum Gasteiger partial charge on any atom is -0.330 e. The lowest BCUT2D eigenvalue weighted by Gasteiger charge is -2.18. The van der Waals surface area contributed by atoms with Crippen LogP contribution < -0.4 is 5.73 Å². The summed E-state index contributed by atoms with van der Waals surface area (Å²) in [5, 5.41) is 0. The van der Waals surface area contributed by atoms with Crippen LogP contribution in [0.1, 0.15) is 33.1 Å². The van der Waals surface area contributed by atoms with Crippen LogP contribution in [0.4, 0.5) is 0 Å². The summed E-state index contributed by atoms with van der Waals surface area (Å²) in [7, 11) is 2.20. The molecule has 0 radical (unpaired) electrons. The maximum Gasteiger partial charge on any atom is 0.000133 e. The predicted molar refractivity (Wildman–Crippen MR) is 55.2 cm³/mol. The van der Waals surface area contributed by atoms with Crippen molar-refractivity contribution in [3.8, 4) is 0 Å². The zero-order valence-electron chi connectivity index (χ0n) is 8.84. The summed E-state index contributed by atoms with van der Waals surface area (Å²) < 4.78 is 0. The molecule has 0 amide bonds. The van der Waals surface area contributed by atoms with E-state index >= 15 is 0 Å². The van der Waals surface area contributed by atoms with Crippen molar-refractivity contribution in [2.75, 3.05) is 26.7 Å². The fourth-order valence-electron chi connectivity index (χ4n) is 1.42. The minimum atomic E-state index is 0.782. The van der Waals surface area contributed by atoms with Crippen molar-refractivity contribution in [3.05, 3.63) is 0 Å². The quantitative estimate of drug-likeness (QED) is 0.592. The molecular formula is C10H24N2. The summed E-state index contributed by atoms with van der Waals surface area (Å²) in [5.74, 6) is 0.782. The molecule has 0 unspecified atom stereocenters. The zero-order valence-corrected chi connectivity index (χ0v) is 8.84. The Hall–Kier alpha value is -0.0800. The van der Waals surface area contributed by atoms with Gasteiger partial charge in [-0.3, -0.25) is 0 Å². The van der Waals surface area contributed by atoms with Crippen LogP contribution in [0.2, 0.25) is 0 Å². The minimum absolute atomic E-state index is 0.782. The normalized spacial score (nSPS) is 11.5. The zero-order chi connectivity index (χ0) is 9.40. The van der Waals surface area contributed by atoms with Crippen LogP contribution in [0, 0.1) is 5.92 Å². The smallest absolute Gasteiger partial charge is 0.000133 e. The van der Waals surface area contributed by atoms with Crippen molar-refractivity contribution >= 4 is 0 Å². The highest BCUT2D eigenvalue weighted by atomic mass is 15.1. The number of hydrogen-bond donors (Lipinski definition) is 1. The van der Waals surface area contributed by atoms with Gasteiger partial charge in [0.25, 0.3) is 0 Å². The molecule has 0 aromatic carbocycles. The lowest BCUT2D eigenvalue weighted by molar-refractivity contribution is 0.289. The number of hydrogen-bond acceptors (Lipinski definition) is 2. The molecule has 0 atom stereocenters. The van der Waals surface area contributed by atoms with Gasteiger partial charge in [-0.2, -0.15) is 0 Å². The van der Waals surface area contributed by atoms with Gasteiger partial charge >= 0.3 is 0 Å². The summed E-state index contributed by atoms with van der Waals surface area (Å²) in [6.07, 6.45) is 3.74. The van der Waals surface area contributed by atoms with Crippen LogP contribution >= 0.6 is 0 Å². The Bertz CT molecular complexity index is 91.8. The second-order valence-electron chi connectivity index (χ2n) is 4.01. The molecule has 12 heavy (non-hydrogen) atoms. The molecule has 2 heteroatoms. The van der Waals surface area contributed by atoms with Crippen molar-refractivity contribution in [1.82, 2.24) is 4.90 Å². The van der Waals surface area contributed by atoms with E-state index in [2.05, 4.69) is 25.8 Å². The molecule has 0 fully saturated rings. The Balaban J connectivity index is 3.14. The van der Waals surface area contributed by atoms with Crippen LogP contribution in [0.5, 0.6) is 0 Å². The molecule has 0 aromatic rings. The topological polar surface area (TPSA) is 29.3 Å². The van der Waals surface area contributed by atoms with Gasteiger partial charge < -0.3 is 10.6 Å². The SMILES string of the molecule is CC(C)CN(C)CCCCCN. The van der Waals surface area contributed by atoms with Gasteiger partial charge in [-0.1, -0.05) is 20.3 Å². The Labute approximate surface area is 77.1 Å². The van der Waals surface area contributed by atoms with Gasteiger partial charge in [0.1, 0.15) is 0 Å². The molecule has 0 bridgehead atoms. The highest BCUT2D eigenvalue weighted by Gasteiger charge is 2.00. The molecule has 2 N–H and O–H groups in total. The molecule has 0 rings (SSSR count). The monoisotopic (exact) mass is 172 g/mol. The van der Waals surface area contributed by atoms with Gasteiger partial charge in [-0.15, -0.1) is 0 Å². The first-order chi connectivity index (χ1) is 5.66. The average molecular weight is 172 g/mol. The fraction of sp³-hybridized carbons (Fsp3) is 1.00. The van der Waals surface area contributed by atoms with E-state index in [4.69, 9.17) is 5.73 Å². The van der Waals surface area contributed by atoms with Gasteiger partial charge in [0.2, 0.25) is 0 Å². The number of unbranched alkanes of at least 4 members (excludes halogenated alkanes) is 2. The molecule has 0 spiro atoms. The molecular weight excluding hydrogens is 148 g/mol. The van der Waals surface area contributed by atoms with Gasteiger partial charge in [0.05, 0.1) is 0 Å². The molecule has 0 aliphatic carbocycles. The second kappa shape index (κ2) is 7.56. The van der Waals surface area contributed by atoms with E-state index in [9.17, 15) is 0 Å². The Morgan fingerprint density at radius 3 is 2.33 bits per heavy atom. The van der Waals surface area contributed by atoms with Crippen LogP contribution in [0.3, 0.4) is 0 Å². The lowest BCUT2D eigenvalue weighted by Crippen LogP contribution is -2.24. The number of rotatable bonds is 7. The molecule has 0 saturated carbocycles. The first-order valence-corrected chi connectivity index (χ1v) is 5.05. The largest absolute Gasteiger partial charge is 0.330 e. The first-order valence-electron chi connectivity index (χ1n) is 5.05. The second-order valence-corrected chi connectivity index (χ2v) is 4.01. The third-order valence-electron chi connectivity index (χ3n) is 1.92. The number of nitrogens with zero attached hydrogens (tertiary/aromatic N) is 1. The highest BCUT2D eigenvalue weighted by Crippen LogP contribution is 1.99. The van der Waals surface area contributed by atoms with E-state index in [-0.39, 0.29) is 0 Å². The van der Waals surface area contributed by atoms with Crippen molar-refractivity contribution in [2.24, 2.45) is 11.7 Å². The summed E-state index contributed by atoms with van der Waals surface area (Å²) >= 11 is 0. The van der Waals surface area contributed by atoms with E-state index in [1.54, 1.807) is 0 Å². The van der Waals surface area contributed by atoms with Crippen molar-refractivity contribution in [3.63, 3.8) is 0 Å². The van der Waals surface area contributed by atoms with Gasteiger partial charge in [-0.05, 0) is 38.9 Å². The molecule has 0 aliphatic rings. The maximum absolute atomic E-state index is 5.41. The van der Waals surface area contributed by atoms with E-state index in [1.807, 2.05) is 0 Å². The molecule has 74 valence electrons. The van der Waals surface area contributed by atoms with Gasteiger partial charge in [0.15, 0.2) is 0 Å². The van der Waals surface area contributed by atoms with Gasteiger partial charge in [-0.25, -0.2) is 0 Å². The standard InChI is InChI=1S/C10H24N2/c1-10(2)9-12(3)8-6-4-5-7-11/h10H,4-9,11H2,1-3H3. The third kappa shape index (κ3) is 8.02. The van der Waals surface area contributed by atoms with Crippen LogP contribution in [0.15, 0.2) is 0 Å². The molecule has 0 saturated heterocycles. The van der Waals surface area contributed by atoms with Gasteiger partial charge in [0, 0.05) is 6.54 Å². The first kappa shape index (κ1) is 11.9. The lowest BCUT2D eigenvalue weighted by atomic mass is 10.2. The van der Waals surface area contributed by atoms with E-state index in [1.165, 1.54) is 32.4 Å². The predicted octanol–water partition coefficient (Wildman–Crippen LogP) is 1.70. The Morgan fingerprint density at radius 1 is 1.17 bits per heavy atom. The third-order valence-corrected chi connectivity index (χ3v) is 1.92. The van der Waals surface area contributed by atoms with Crippen LogP contribution in [0.25, 0.3) is 0 Å². The van der Waals surface area contributed by atoms with E-state index in [0.717, 1.165) is 12.5 Å². The fourth-order valence-corrected chi connectivity index (χ4v) is 1.42. The van der Waals surface area contributed by atoms with Crippen LogP contribution in [-0.4, -0.2) is 31.6 Å². The Kier molecular flexibility index (Phi) is 7.51. The molecule has 0 aromatic heterocycles. The van der Waals surface area contributed by atoms with Crippen molar-refractivity contribution in [1.29, 1.82) is 0 Å². The summed E-state index contributed by atoms with van der Waals surface area (Å²) in [5.41, 5.74) is 5.41. The van der Waals surface area contributed by atoms with E-state index < -0.39 is 0 Å².